The number of hydrogen-bond acceptors (Lipinski definition) is 5. The van der Waals surface area contributed by atoms with Crippen LogP contribution in [-0.4, -0.2) is 45.3 Å². The standard InChI is InChI=1S/C81H53N9/c1-4-22-51(23-5-1)85-69-36-18-12-30-57(69)63-47-75-65(45-73(63)85)59-32-14-20-38-71(59)89(75)80-82-79(83-81(84-80)90-72-39-21-15-33-60(72)66-46-74-64(48-76(66)90)58-31-13-19-37-70(58)86(74)52-24-6-2-7-25-52)50-40-42-54(43-41-50)88-68-35-17-11-29-56(68)62-44-61-55-28-10-16-34-67(55)87(77(61)49-78(62)88)53-26-8-3-9-27-53/h1-30,33-49,69,72H,31-32H2. The van der Waals surface area contributed by atoms with Crippen LogP contribution in [0.15, 0.2) is 273 Å². The zero-order valence-corrected chi connectivity index (χ0v) is 48.7. The highest BCUT2D eigenvalue weighted by Crippen LogP contribution is 2.43. The largest absolute Gasteiger partial charge is 0.330 e. The minimum absolute atomic E-state index is 0.0614. The first-order valence-corrected chi connectivity index (χ1v) is 31.1. The summed E-state index contributed by atoms with van der Waals surface area (Å²) in [4.78, 5) is 22.0. The number of para-hydroxylation sites is 5. The molecule has 0 N–H and O–H groups in total. The third kappa shape index (κ3) is 6.99. The van der Waals surface area contributed by atoms with E-state index in [2.05, 4.69) is 313 Å². The Labute approximate surface area is 516 Å². The van der Waals surface area contributed by atoms with Gasteiger partial charge in [0.25, 0.3) is 0 Å². The third-order valence-corrected chi connectivity index (χ3v) is 19.5. The van der Waals surface area contributed by atoms with Gasteiger partial charge in [0.15, 0.2) is 5.82 Å². The molecule has 5 aromatic heterocycles. The molecule has 6 aliphatic rings. The van der Waals surface area contributed by atoms with Crippen LogP contribution >= 0.6 is 0 Å². The van der Waals surface area contributed by atoms with Crippen LogP contribution in [0, 0.1) is 0 Å². The van der Waals surface area contributed by atoms with Crippen molar-refractivity contribution >= 4 is 112 Å². The van der Waals surface area contributed by atoms with Crippen molar-refractivity contribution in [3.63, 3.8) is 0 Å². The topological polar surface area (TPSA) is 64.9 Å². The fraction of sp³-hybridized carbons (Fsp3) is 0.0494. The molecule has 0 spiro atoms. The van der Waals surface area contributed by atoms with Crippen LogP contribution in [0.4, 0.5) is 23.0 Å². The zero-order valence-electron chi connectivity index (χ0n) is 48.7. The monoisotopic (exact) mass is 1150 g/mol. The maximum absolute atomic E-state index is 5.77. The average Bonchev–Trinajstić information content (AvgIpc) is 1.70. The first kappa shape index (κ1) is 49.3. The first-order chi connectivity index (χ1) is 44.7. The predicted octanol–water partition coefficient (Wildman–Crippen LogP) is 15.0. The highest BCUT2D eigenvalue weighted by Gasteiger charge is 2.36. The van der Waals surface area contributed by atoms with Crippen molar-refractivity contribution < 1.29 is 0 Å². The molecule has 7 heterocycles. The maximum Gasteiger partial charge on any atom is 0.240 e. The molecule has 90 heavy (non-hydrogen) atoms. The molecule has 0 saturated carbocycles. The van der Waals surface area contributed by atoms with Crippen LogP contribution in [0.2, 0.25) is 0 Å². The van der Waals surface area contributed by atoms with E-state index < -0.39 is 0 Å². The summed E-state index contributed by atoms with van der Waals surface area (Å²) >= 11 is 0. The molecule has 0 saturated heterocycles. The molecule has 14 aromatic rings. The van der Waals surface area contributed by atoms with Crippen molar-refractivity contribution in [2.75, 3.05) is 9.80 Å². The van der Waals surface area contributed by atoms with Crippen LogP contribution in [-0.2, 0) is 12.8 Å². The molecule has 0 amide bonds. The number of aromatic nitrogens is 7. The van der Waals surface area contributed by atoms with Crippen molar-refractivity contribution in [2.24, 2.45) is 0 Å². The Kier molecular flexibility index (Phi) is 10.3. The number of allylic oxidation sites excluding steroid dienone is 8. The molecule has 0 fully saturated rings. The molecule has 2 aliphatic heterocycles. The average molecular weight is 1150 g/mol. The molecule has 422 valence electrons. The lowest BCUT2D eigenvalue weighted by Gasteiger charge is -2.28. The molecule has 2 unspecified atom stereocenters. The molecule has 2 atom stereocenters. The van der Waals surface area contributed by atoms with Crippen LogP contribution in [0.25, 0.3) is 123 Å². The van der Waals surface area contributed by atoms with E-state index in [-0.39, 0.29) is 12.1 Å². The quantitative estimate of drug-likeness (QED) is 0.159. The number of nitrogens with zero attached hydrogens (tertiary/aromatic N) is 9. The number of fused-ring (bicyclic) bond motifs is 16. The van der Waals surface area contributed by atoms with Gasteiger partial charge in [0, 0.05) is 71.1 Å². The van der Waals surface area contributed by atoms with Gasteiger partial charge in [0.2, 0.25) is 11.9 Å². The summed E-state index contributed by atoms with van der Waals surface area (Å²) in [6.45, 7) is 0. The summed E-state index contributed by atoms with van der Waals surface area (Å²) in [6.07, 6.45) is 32.9. The number of anilines is 4. The zero-order chi connectivity index (χ0) is 58.7. The molecule has 9 aromatic carbocycles. The van der Waals surface area contributed by atoms with E-state index in [1.54, 1.807) is 0 Å². The van der Waals surface area contributed by atoms with E-state index in [9.17, 15) is 0 Å². The highest BCUT2D eigenvalue weighted by molar-refractivity contribution is 6.19. The Hall–Kier alpha value is -11.8. The van der Waals surface area contributed by atoms with Gasteiger partial charge >= 0.3 is 0 Å². The van der Waals surface area contributed by atoms with Gasteiger partial charge in [0.05, 0.1) is 67.3 Å². The second-order valence-corrected chi connectivity index (χ2v) is 24.2. The fourth-order valence-electron chi connectivity index (χ4n) is 15.7. The van der Waals surface area contributed by atoms with E-state index >= 15 is 0 Å². The Morgan fingerprint density at radius 1 is 0.333 bits per heavy atom. The van der Waals surface area contributed by atoms with Crippen LogP contribution < -0.4 is 30.9 Å². The van der Waals surface area contributed by atoms with E-state index in [4.69, 9.17) is 15.0 Å². The minimum Gasteiger partial charge on any atom is -0.330 e. The third-order valence-electron chi connectivity index (χ3n) is 19.5. The van der Waals surface area contributed by atoms with Gasteiger partial charge < -0.3 is 18.6 Å². The Bertz CT molecular complexity index is 5970. The summed E-state index contributed by atoms with van der Waals surface area (Å²) in [5.74, 6) is 1.73. The first-order valence-electron chi connectivity index (χ1n) is 31.1. The summed E-state index contributed by atoms with van der Waals surface area (Å²) in [5, 5.41) is 11.9. The van der Waals surface area contributed by atoms with Gasteiger partial charge in [-0.3, -0.25) is 9.47 Å². The Morgan fingerprint density at radius 2 is 0.811 bits per heavy atom. The van der Waals surface area contributed by atoms with Gasteiger partial charge in [-0.15, -0.1) is 0 Å². The van der Waals surface area contributed by atoms with Gasteiger partial charge in [-0.2, -0.15) is 15.0 Å². The summed E-state index contributed by atoms with van der Waals surface area (Å²) in [7, 11) is 0. The van der Waals surface area contributed by atoms with E-state index in [1.165, 1.54) is 81.9 Å². The Morgan fingerprint density at radius 3 is 1.41 bits per heavy atom. The van der Waals surface area contributed by atoms with Crippen molar-refractivity contribution in [3.8, 4) is 34.4 Å². The smallest absolute Gasteiger partial charge is 0.240 e. The maximum atomic E-state index is 5.77. The van der Waals surface area contributed by atoms with Crippen LogP contribution in [0.1, 0.15) is 11.1 Å². The van der Waals surface area contributed by atoms with Crippen molar-refractivity contribution in [3.05, 3.63) is 305 Å². The molecular weight excluding hydrogens is 1100 g/mol. The second kappa shape index (κ2) is 18.8. The van der Waals surface area contributed by atoms with Crippen molar-refractivity contribution in [1.82, 2.24) is 33.2 Å². The molecule has 0 radical (unpaired) electrons. The second-order valence-electron chi connectivity index (χ2n) is 24.2. The number of hydrogen-bond donors (Lipinski definition) is 0. The van der Waals surface area contributed by atoms with Crippen LogP contribution in [0.3, 0.4) is 0 Å². The van der Waals surface area contributed by atoms with E-state index in [0.29, 0.717) is 17.7 Å². The molecule has 9 nitrogen and oxygen atoms in total. The molecule has 4 aliphatic carbocycles. The fourth-order valence-corrected chi connectivity index (χ4v) is 15.7. The van der Waals surface area contributed by atoms with Crippen molar-refractivity contribution in [1.29, 1.82) is 0 Å². The predicted molar refractivity (Wildman–Crippen MR) is 369 cm³/mol. The molecule has 0 bridgehead atoms. The summed E-state index contributed by atoms with van der Waals surface area (Å²) in [5.41, 5.74) is 19.5. The SMILES string of the molecule is C1=CCc2c(n(-c3ccccc3)c3cc4c(cc23)N(c2nc(-c3ccc(-n5c6ccccc6c6cc7c8ccccc8n(-c8ccccc8)c7cc65)cc3)nc(-n3c5c(c6cc7c(cc63)=C3C=CC=CC3N7c3ccccc3)CC=CC=5)n2)C2C=CC=CC=42)=C1. The van der Waals surface area contributed by atoms with Gasteiger partial charge in [-0.25, -0.2) is 0 Å². The number of benzene rings is 9. The lowest BCUT2D eigenvalue weighted by Crippen LogP contribution is -2.30. The molecule has 20 rings (SSSR count). The summed E-state index contributed by atoms with van der Waals surface area (Å²) in [6, 6.07) is 73.1. The summed E-state index contributed by atoms with van der Waals surface area (Å²) < 4.78 is 9.57. The van der Waals surface area contributed by atoms with Gasteiger partial charge in [-0.1, -0.05) is 164 Å². The minimum atomic E-state index is -0.173. The lowest BCUT2D eigenvalue weighted by molar-refractivity contribution is 0.856. The normalized spacial score (nSPS) is 16.6. The number of rotatable bonds is 7. The Balaban J connectivity index is 0.815. The lowest BCUT2D eigenvalue weighted by atomic mass is 10.0. The van der Waals surface area contributed by atoms with E-state index in [1.807, 2.05) is 0 Å². The highest BCUT2D eigenvalue weighted by atomic mass is 15.3. The molecule has 9 heteroatoms. The van der Waals surface area contributed by atoms with E-state index in [0.717, 1.165) is 79.5 Å². The van der Waals surface area contributed by atoms with Gasteiger partial charge in [-0.05, 0) is 156 Å². The van der Waals surface area contributed by atoms with Gasteiger partial charge in [0.1, 0.15) is 0 Å². The van der Waals surface area contributed by atoms with Crippen molar-refractivity contribution in [2.45, 2.75) is 24.9 Å². The molecular formula is C81H53N9. The van der Waals surface area contributed by atoms with Crippen LogP contribution in [0.5, 0.6) is 0 Å².